The molecule has 0 aliphatic rings. The van der Waals surface area contributed by atoms with Crippen LogP contribution >= 0.6 is 0 Å². The summed E-state index contributed by atoms with van der Waals surface area (Å²) in [5, 5.41) is 18.0. The van der Waals surface area contributed by atoms with Crippen molar-refractivity contribution in [3.05, 3.63) is 66.2 Å². The molecule has 3 N–H and O–H groups in total. The molecule has 0 unspecified atom stereocenters. The van der Waals surface area contributed by atoms with Gasteiger partial charge in [-0.25, -0.2) is 5.43 Å². The lowest BCUT2D eigenvalue weighted by atomic mass is 10.0. The van der Waals surface area contributed by atoms with Gasteiger partial charge in [0.15, 0.2) is 0 Å². The predicted octanol–water partition coefficient (Wildman–Crippen LogP) is 2.64. The summed E-state index contributed by atoms with van der Waals surface area (Å²) in [7, 11) is 1.53. The molecule has 0 bridgehead atoms. The lowest BCUT2D eigenvalue weighted by Crippen LogP contribution is -2.32. The number of aromatic hydroxyl groups is 1. The van der Waals surface area contributed by atoms with Gasteiger partial charge in [-0.05, 0) is 41.1 Å². The van der Waals surface area contributed by atoms with Crippen LogP contribution < -0.4 is 15.5 Å². The zero-order chi connectivity index (χ0) is 19.2. The second kappa shape index (κ2) is 8.01. The number of amides is 2. The van der Waals surface area contributed by atoms with E-state index in [-0.39, 0.29) is 5.75 Å². The molecule has 27 heavy (non-hydrogen) atoms. The molecule has 7 heteroatoms. The third-order valence-electron chi connectivity index (χ3n) is 3.86. The Morgan fingerprint density at radius 3 is 2.48 bits per heavy atom. The summed E-state index contributed by atoms with van der Waals surface area (Å²) in [5.41, 5.74) is 3.05. The van der Waals surface area contributed by atoms with Crippen molar-refractivity contribution in [1.82, 2.24) is 5.43 Å². The molecule has 0 aliphatic heterocycles. The Labute approximate surface area is 155 Å². The molecule has 3 rings (SSSR count). The van der Waals surface area contributed by atoms with E-state index in [4.69, 9.17) is 4.74 Å². The summed E-state index contributed by atoms with van der Waals surface area (Å²) < 4.78 is 5.03. The van der Waals surface area contributed by atoms with E-state index in [1.54, 1.807) is 36.4 Å². The Morgan fingerprint density at radius 1 is 1.00 bits per heavy atom. The number of carbonyl (C=O) groups is 2. The summed E-state index contributed by atoms with van der Waals surface area (Å²) in [5.74, 6) is -1.13. The molecule has 3 aromatic rings. The number of phenolic OH excluding ortho intramolecular Hbond substituents is 1. The van der Waals surface area contributed by atoms with Crippen LogP contribution in [0.3, 0.4) is 0 Å². The lowest BCUT2D eigenvalue weighted by molar-refractivity contribution is -0.136. The number of ether oxygens (including phenoxy) is 1. The number of methoxy groups -OCH3 is 1. The quantitative estimate of drug-likeness (QED) is 0.377. The molecular formula is C20H17N3O4. The molecule has 0 aromatic heterocycles. The number of fused-ring (bicyclic) bond motifs is 1. The summed E-state index contributed by atoms with van der Waals surface area (Å²) in [6.45, 7) is 0. The van der Waals surface area contributed by atoms with E-state index >= 15 is 0 Å². The van der Waals surface area contributed by atoms with Gasteiger partial charge in [0, 0.05) is 11.3 Å². The Kier molecular flexibility index (Phi) is 5.32. The summed E-state index contributed by atoms with van der Waals surface area (Å²) in [6, 6.07) is 17.3. The first kappa shape index (κ1) is 17.9. The number of nitrogens with zero attached hydrogens (tertiary/aromatic N) is 1. The molecule has 136 valence electrons. The van der Waals surface area contributed by atoms with Crippen molar-refractivity contribution in [1.29, 1.82) is 0 Å². The van der Waals surface area contributed by atoms with Gasteiger partial charge in [-0.15, -0.1) is 0 Å². The van der Waals surface area contributed by atoms with Crippen molar-refractivity contribution in [2.75, 3.05) is 12.4 Å². The van der Waals surface area contributed by atoms with Gasteiger partial charge in [0.25, 0.3) is 0 Å². The van der Waals surface area contributed by atoms with Gasteiger partial charge in [-0.2, -0.15) is 5.10 Å². The number of anilines is 1. The van der Waals surface area contributed by atoms with Crippen LogP contribution in [-0.2, 0) is 9.59 Å². The van der Waals surface area contributed by atoms with Gasteiger partial charge >= 0.3 is 11.8 Å². The van der Waals surface area contributed by atoms with E-state index < -0.39 is 11.8 Å². The minimum Gasteiger partial charge on any atom is -0.507 e. The van der Waals surface area contributed by atoms with Crippen LogP contribution in [0.5, 0.6) is 11.5 Å². The minimum absolute atomic E-state index is 0.0226. The highest BCUT2D eigenvalue weighted by Crippen LogP contribution is 2.25. The third-order valence-corrected chi connectivity index (χ3v) is 3.86. The van der Waals surface area contributed by atoms with Gasteiger partial charge in [-0.1, -0.05) is 30.3 Å². The van der Waals surface area contributed by atoms with E-state index in [9.17, 15) is 14.7 Å². The van der Waals surface area contributed by atoms with E-state index in [2.05, 4.69) is 15.8 Å². The molecule has 3 aromatic carbocycles. The lowest BCUT2D eigenvalue weighted by Gasteiger charge is -2.06. The van der Waals surface area contributed by atoms with Crippen LogP contribution in [0.1, 0.15) is 5.56 Å². The smallest absolute Gasteiger partial charge is 0.329 e. The number of phenols is 1. The maximum Gasteiger partial charge on any atom is 0.329 e. The number of hydrogen-bond acceptors (Lipinski definition) is 5. The predicted molar refractivity (Wildman–Crippen MR) is 103 cm³/mol. The number of benzene rings is 3. The van der Waals surface area contributed by atoms with Gasteiger partial charge in [0.1, 0.15) is 11.5 Å². The molecule has 0 radical (unpaired) electrons. The first-order valence-corrected chi connectivity index (χ1v) is 8.07. The van der Waals surface area contributed by atoms with Crippen LogP contribution in [0, 0.1) is 0 Å². The maximum absolute atomic E-state index is 11.9. The first-order valence-electron chi connectivity index (χ1n) is 8.07. The highest BCUT2D eigenvalue weighted by atomic mass is 16.5. The fourth-order valence-electron chi connectivity index (χ4n) is 2.49. The second-order valence-electron chi connectivity index (χ2n) is 5.60. The van der Waals surface area contributed by atoms with E-state index in [1.807, 2.05) is 24.3 Å². The van der Waals surface area contributed by atoms with Gasteiger partial charge in [0.05, 0.1) is 13.3 Å². The Balaban J connectivity index is 1.66. The van der Waals surface area contributed by atoms with Gasteiger partial charge < -0.3 is 15.2 Å². The number of hydrogen-bond donors (Lipinski definition) is 3. The standard InChI is InChI=1S/C20H17N3O4/c1-27-15-9-7-14(8-10-15)22-19(25)20(26)23-21-12-17-16-5-3-2-4-13(16)6-11-18(17)24/h2-12,24H,1H3,(H,22,25)(H,23,26)/b21-12+. The second-order valence-corrected chi connectivity index (χ2v) is 5.60. The molecule has 0 heterocycles. The first-order chi connectivity index (χ1) is 13.1. The van der Waals surface area contributed by atoms with Crippen molar-refractivity contribution in [3.8, 4) is 11.5 Å². The van der Waals surface area contributed by atoms with Crippen molar-refractivity contribution < 1.29 is 19.4 Å². The number of nitrogens with one attached hydrogen (secondary N) is 2. The zero-order valence-corrected chi connectivity index (χ0v) is 14.5. The monoisotopic (exact) mass is 363 g/mol. The Morgan fingerprint density at radius 2 is 1.74 bits per heavy atom. The van der Waals surface area contributed by atoms with Crippen LogP contribution in [0.25, 0.3) is 10.8 Å². The molecular weight excluding hydrogens is 346 g/mol. The molecule has 0 atom stereocenters. The molecule has 0 saturated heterocycles. The number of hydrazone groups is 1. The fraction of sp³-hybridized carbons (Fsp3) is 0.0500. The summed E-state index contributed by atoms with van der Waals surface area (Å²) in [6.07, 6.45) is 1.30. The summed E-state index contributed by atoms with van der Waals surface area (Å²) in [4.78, 5) is 23.8. The zero-order valence-electron chi connectivity index (χ0n) is 14.5. The van der Waals surface area contributed by atoms with E-state index in [0.29, 0.717) is 17.0 Å². The van der Waals surface area contributed by atoms with E-state index in [1.165, 1.54) is 13.3 Å². The molecule has 2 amide bonds. The van der Waals surface area contributed by atoms with Crippen molar-refractivity contribution >= 4 is 34.5 Å². The molecule has 0 fully saturated rings. The van der Waals surface area contributed by atoms with Crippen LogP contribution in [0.15, 0.2) is 65.8 Å². The molecule has 7 nitrogen and oxygen atoms in total. The average Bonchev–Trinajstić information content (AvgIpc) is 2.70. The van der Waals surface area contributed by atoms with Crippen LogP contribution in [0.4, 0.5) is 5.69 Å². The Bertz CT molecular complexity index is 1010. The van der Waals surface area contributed by atoms with E-state index in [0.717, 1.165) is 10.8 Å². The molecule has 0 saturated carbocycles. The maximum atomic E-state index is 11.9. The van der Waals surface area contributed by atoms with Crippen molar-refractivity contribution in [2.24, 2.45) is 5.10 Å². The molecule has 0 spiro atoms. The third kappa shape index (κ3) is 4.21. The SMILES string of the molecule is COc1ccc(NC(=O)C(=O)N/N=C/c2c(O)ccc3ccccc23)cc1. The minimum atomic E-state index is -0.929. The largest absolute Gasteiger partial charge is 0.507 e. The Hall–Kier alpha value is -3.87. The average molecular weight is 363 g/mol. The van der Waals surface area contributed by atoms with Crippen LogP contribution in [-0.4, -0.2) is 30.2 Å². The fourth-order valence-corrected chi connectivity index (χ4v) is 2.49. The van der Waals surface area contributed by atoms with Crippen molar-refractivity contribution in [2.45, 2.75) is 0 Å². The van der Waals surface area contributed by atoms with Crippen LogP contribution in [0.2, 0.25) is 0 Å². The van der Waals surface area contributed by atoms with Gasteiger partial charge in [0.2, 0.25) is 0 Å². The topological polar surface area (TPSA) is 100 Å². The van der Waals surface area contributed by atoms with Crippen molar-refractivity contribution in [3.63, 3.8) is 0 Å². The highest BCUT2D eigenvalue weighted by molar-refractivity contribution is 6.39. The number of rotatable bonds is 4. The normalized spacial score (nSPS) is 10.7. The highest BCUT2D eigenvalue weighted by Gasteiger charge is 2.13. The summed E-state index contributed by atoms with van der Waals surface area (Å²) >= 11 is 0. The van der Waals surface area contributed by atoms with Gasteiger partial charge in [-0.3, -0.25) is 9.59 Å². The molecule has 0 aliphatic carbocycles. The number of carbonyl (C=O) groups excluding carboxylic acids is 2.